The molecular formula is C22H34FIN4. The summed E-state index contributed by atoms with van der Waals surface area (Å²) in [5.74, 6) is 1.69. The summed E-state index contributed by atoms with van der Waals surface area (Å²) in [6.07, 6.45) is 7.89. The van der Waals surface area contributed by atoms with Crippen molar-refractivity contribution in [1.29, 1.82) is 0 Å². The Labute approximate surface area is 186 Å². The van der Waals surface area contributed by atoms with Crippen molar-refractivity contribution in [2.75, 3.05) is 39.8 Å². The van der Waals surface area contributed by atoms with Gasteiger partial charge < -0.3 is 10.2 Å². The molecule has 2 heterocycles. The number of guanidine groups is 1. The molecule has 0 aromatic heterocycles. The molecule has 2 saturated heterocycles. The number of rotatable bonds is 4. The number of aliphatic imine (C=N–C) groups is 1. The van der Waals surface area contributed by atoms with Crippen LogP contribution in [-0.2, 0) is 6.54 Å². The van der Waals surface area contributed by atoms with E-state index in [1.165, 1.54) is 45.1 Å². The zero-order valence-electron chi connectivity index (χ0n) is 17.0. The number of hydrogen-bond donors (Lipinski definition) is 1. The molecule has 1 N–H and O–H groups in total. The van der Waals surface area contributed by atoms with Gasteiger partial charge in [0.05, 0.1) is 0 Å². The molecule has 0 amide bonds. The largest absolute Gasteiger partial charge is 0.356 e. The third-order valence-electron chi connectivity index (χ3n) is 6.97. The molecule has 0 atom stereocenters. The SMILES string of the molecule is CN=C(NCC1CCN(Cc2ccccc2F)CC1)N1CCC2(CCC2)C1.I. The number of nitrogens with zero attached hydrogens (tertiary/aromatic N) is 3. The summed E-state index contributed by atoms with van der Waals surface area (Å²) in [4.78, 5) is 9.38. The summed E-state index contributed by atoms with van der Waals surface area (Å²) >= 11 is 0. The van der Waals surface area contributed by atoms with E-state index in [0.717, 1.165) is 44.2 Å². The molecule has 4 rings (SSSR count). The van der Waals surface area contributed by atoms with Gasteiger partial charge in [-0.25, -0.2) is 4.39 Å². The van der Waals surface area contributed by atoms with Crippen molar-refractivity contribution in [2.24, 2.45) is 16.3 Å². The van der Waals surface area contributed by atoms with Gasteiger partial charge in [0.15, 0.2) is 5.96 Å². The summed E-state index contributed by atoms with van der Waals surface area (Å²) in [6.45, 7) is 6.17. The molecule has 3 aliphatic rings. The second-order valence-corrected chi connectivity index (χ2v) is 8.76. The minimum Gasteiger partial charge on any atom is -0.356 e. The maximum Gasteiger partial charge on any atom is 0.193 e. The predicted molar refractivity (Wildman–Crippen MR) is 124 cm³/mol. The number of hydrogen-bond acceptors (Lipinski definition) is 2. The Balaban J connectivity index is 0.00000225. The maximum absolute atomic E-state index is 13.8. The fourth-order valence-corrected chi connectivity index (χ4v) is 4.98. The number of nitrogens with one attached hydrogen (secondary N) is 1. The molecule has 4 nitrogen and oxygen atoms in total. The summed E-state index contributed by atoms with van der Waals surface area (Å²) in [6, 6.07) is 7.14. The standard InChI is InChI=1S/C22H33FN4.HI/c1-24-21(27-14-11-22(17-27)9-4-10-22)25-15-18-7-12-26(13-8-18)16-19-5-2-3-6-20(19)23;/h2-3,5-6,18H,4,7-17H2,1H3,(H,24,25);1H. The fraction of sp³-hybridized carbons (Fsp3) is 0.682. The van der Waals surface area contributed by atoms with Gasteiger partial charge in [-0.05, 0) is 62.6 Å². The number of piperidine rings is 1. The van der Waals surface area contributed by atoms with Gasteiger partial charge in [-0.3, -0.25) is 9.89 Å². The lowest BCUT2D eigenvalue weighted by Gasteiger charge is -2.38. The lowest BCUT2D eigenvalue weighted by molar-refractivity contribution is 0.151. The average Bonchev–Trinajstić information content (AvgIpc) is 3.12. The molecule has 0 unspecified atom stereocenters. The van der Waals surface area contributed by atoms with Gasteiger partial charge in [-0.15, -0.1) is 24.0 Å². The maximum atomic E-state index is 13.8. The molecule has 1 aliphatic carbocycles. The third-order valence-corrected chi connectivity index (χ3v) is 6.97. The van der Waals surface area contributed by atoms with Gasteiger partial charge in [-0.1, -0.05) is 24.6 Å². The molecule has 3 fully saturated rings. The summed E-state index contributed by atoms with van der Waals surface area (Å²) < 4.78 is 13.8. The molecule has 1 aromatic rings. The summed E-state index contributed by atoms with van der Waals surface area (Å²) in [7, 11) is 1.91. The number of halogens is 2. The highest BCUT2D eigenvalue weighted by Gasteiger charge is 2.43. The number of benzene rings is 1. The van der Waals surface area contributed by atoms with Crippen molar-refractivity contribution in [1.82, 2.24) is 15.1 Å². The highest BCUT2D eigenvalue weighted by atomic mass is 127. The monoisotopic (exact) mass is 500 g/mol. The fourth-order valence-electron chi connectivity index (χ4n) is 4.98. The average molecular weight is 500 g/mol. The second kappa shape index (κ2) is 9.74. The molecule has 1 saturated carbocycles. The third kappa shape index (κ3) is 4.99. The molecule has 1 spiro atoms. The van der Waals surface area contributed by atoms with Crippen LogP contribution in [0.4, 0.5) is 4.39 Å². The predicted octanol–water partition coefficient (Wildman–Crippen LogP) is 4.11. The van der Waals surface area contributed by atoms with Crippen molar-refractivity contribution in [3.8, 4) is 0 Å². The first-order valence-electron chi connectivity index (χ1n) is 10.6. The van der Waals surface area contributed by atoms with Crippen LogP contribution < -0.4 is 5.32 Å². The van der Waals surface area contributed by atoms with Gasteiger partial charge in [0, 0.05) is 38.8 Å². The second-order valence-electron chi connectivity index (χ2n) is 8.76. The molecular weight excluding hydrogens is 466 g/mol. The van der Waals surface area contributed by atoms with E-state index in [1.54, 1.807) is 12.1 Å². The van der Waals surface area contributed by atoms with Crippen molar-refractivity contribution >= 4 is 29.9 Å². The van der Waals surface area contributed by atoms with Crippen LogP contribution in [0, 0.1) is 17.2 Å². The van der Waals surface area contributed by atoms with Crippen LogP contribution in [0.1, 0.15) is 44.1 Å². The Morgan fingerprint density at radius 1 is 1.18 bits per heavy atom. The topological polar surface area (TPSA) is 30.9 Å². The van der Waals surface area contributed by atoms with Crippen LogP contribution in [-0.4, -0.2) is 55.5 Å². The Bertz CT molecular complexity index is 668. The molecule has 0 radical (unpaired) electrons. The Morgan fingerprint density at radius 2 is 1.93 bits per heavy atom. The van der Waals surface area contributed by atoms with Crippen LogP contribution in [0.5, 0.6) is 0 Å². The minimum absolute atomic E-state index is 0. The normalized spacial score (nSPS) is 22.8. The van der Waals surface area contributed by atoms with Crippen LogP contribution in [0.15, 0.2) is 29.3 Å². The minimum atomic E-state index is -0.0834. The van der Waals surface area contributed by atoms with Gasteiger partial charge in [0.2, 0.25) is 0 Å². The van der Waals surface area contributed by atoms with Crippen LogP contribution >= 0.6 is 24.0 Å². The van der Waals surface area contributed by atoms with Gasteiger partial charge in [0.25, 0.3) is 0 Å². The first-order valence-corrected chi connectivity index (χ1v) is 10.6. The van der Waals surface area contributed by atoms with Crippen LogP contribution in [0.25, 0.3) is 0 Å². The highest BCUT2D eigenvalue weighted by molar-refractivity contribution is 14.0. The molecule has 6 heteroatoms. The molecule has 1 aromatic carbocycles. The van der Waals surface area contributed by atoms with E-state index < -0.39 is 0 Å². The van der Waals surface area contributed by atoms with Crippen molar-refractivity contribution in [2.45, 2.75) is 45.1 Å². The lowest BCUT2D eigenvalue weighted by atomic mass is 9.68. The zero-order valence-corrected chi connectivity index (χ0v) is 19.3. The van der Waals surface area contributed by atoms with Gasteiger partial charge in [-0.2, -0.15) is 0 Å². The van der Waals surface area contributed by atoms with Crippen LogP contribution in [0.3, 0.4) is 0 Å². The Morgan fingerprint density at radius 3 is 2.54 bits per heavy atom. The van der Waals surface area contributed by atoms with E-state index in [4.69, 9.17) is 0 Å². The molecule has 156 valence electrons. The summed E-state index contributed by atoms with van der Waals surface area (Å²) in [5.41, 5.74) is 1.42. The van der Waals surface area contributed by atoms with Gasteiger partial charge in [0.1, 0.15) is 5.82 Å². The van der Waals surface area contributed by atoms with E-state index >= 15 is 0 Å². The number of likely N-dealkylation sites (tertiary alicyclic amines) is 2. The lowest BCUT2D eigenvalue weighted by Crippen LogP contribution is -2.45. The quantitative estimate of drug-likeness (QED) is 0.384. The summed E-state index contributed by atoms with van der Waals surface area (Å²) in [5, 5.41) is 3.64. The van der Waals surface area contributed by atoms with Gasteiger partial charge >= 0.3 is 0 Å². The van der Waals surface area contributed by atoms with E-state index in [1.807, 2.05) is 19.2 Å². The van der Waals surface area contributed by atoms with E-state index in [2.05, 4.69) is 20.1 Å². The van der Waals surface area contributed by atoms with E-state index in [-0.39, 0.29) is 29.8 Å². The zero-order chi connectivity index (χ0) is 18.7. The Hall–Kier alpha value is -0.890. The molecule has 28 heavy (non-hydrogen) atoms. The van der Waals surface area contributed by atoms with E-state index in [0.29, 0.717) is 11.3 Å². The smallest absolute Gasteiger partial charge is 0.193 e. The molecule has 2 aliphatic heterocycles. The van der Waals surface area contributed by atoms with Crippen molar-refractivity contribution in [3.63, 3.8) is 0 Å². The first-order chi connectivity index (χ1) is 13.2. The van der Waals surface area contributed by atoms with Crippen LogP contribution in [0.2, 0.25) is 0 Å². The van der Waals surface area contributed by atoms with Crippen molar-refractivity contribution in [3.05, 3.63) is 35.6 Å². The van der Waals surface area contributed by atoms with E-state index in [9.17, 15) is 4.39 Å². The highest BCUT2D eigenvalue weighted by Crippen LogP contribution is 2.47. The first kappa shape index (κ1) is 21.8. The Kier molecular flexibility index (Phi) is 7.59. The van der Waals surface area contributed by atoms with Crippen molar-refractivity contribution < 1.29 is 4.39 Å². The molecule has 0 bridgehead atoms.